The van der Waals surface area contributed by atoms with Crippen LogP contribution < -0.4 is 0 Å². The molecule has 0 aliphatic heterocycles. The summed E-state index contributed by atoms with van der Waals surface area (Å²) in [5.41, 5.74) is 8.04. The molecule has 0 radical (unpaired) electrons. The molecule has 0 bridgehead atoms. The van der Waals surface area contributed by atoms with E-state index in [1.54, 1.807) is 0 Å². The zero-order chi connectivity index (χ0) is 23.4. The normalized spacial score (nSPS) is 12.4. The molecule has 0 spiro atoms. The average molecular weight is 453 g/mol. The average Bonchev–Trinajstić information content (AvgIpc) is 3.26. The van der Waals surface area contributed by atoms with E-state index in [1.807, 2.05) is 0 Å². The van der Waals surface area contributed by atoms with Gasteiger partial charge in [0, 0.05) is 0 Å². The molecule has 0 aromatic heterocycles. The Bertz CT molecular complexity index is 2180. The van der Waals surface area contributed by atoms with Crippen LogP contribution in [0.3, 0.4) is 0 Å². The molecule has 0 heterocycles. The van der Waals surface area contributed by atoms with Crippen LogP contribution in [-0.4, -0.2) is 0 Å². The van der Waals surface area contributed by atoms with E-state index in [4.69, 9.17) is 0 Å². The minimum absolute atomic E-state index is 1.26. The molecular formula is C36H20. The van der Waals surface area contributed by atoms with Gasteiger partial charge in [0.15, 0.2) is 0 Å². The summed E-state index contributed by atoms with van der Waals surface area (Å²) in [5, 5.41) is 13.5. The first-order chi connectivity index (χ1) is 17.9. The Morgan fingerprint density at radius 2 is 1.00 bits per heavy atom. The summed E-state index contributed by atoms with van der Waals surface area (Å²) in [7, 11) is 0. The lowest BCUT2D eigenvalue weighted by Crippen LogP contribution is -1.91. The second-order valence-corrected chi connectivity index (χ2v) is 10.0. The second kappa shape index (κ2) is 6.50. The van der Waals surface area contributed by atoms with Crippen molar-refractivity contribution < 1.29 is 0 Å². The van der Waals surface area contributed by atoms with Gasteiger partial charge in [-0.3, -0.25) is 0 Å². The van der Waals surface area contributed by atoms with Crippen molar-refractivity contribution in [2.24, 2.45) is 0 Å². The maximum Gasteiger partial charge on any atom is -0.000762 e. The van der Waals surface area contributed by atoms with E-state index < -0.39 is 0 Å². The monoisotopic (exact) mass is 452 g/mol. The van der Waals surface area contributed by atoms with E-state index >= 15 is 0 Å². The van der Waals surface area contributed by atoms with Gasteiger partial charge in [-0.05, 0) is 93.3 Å². The van der Waals surface area contributed by atoms with Crippen LogP contribution >= 0.6 is 0 Å². The Morgan fingerprint density at radius 3 is 1.86 bits per heavy atom. The van der Waals surface area contributed by atoms with Gasteiger partial charge in [-0.1, -0.05) is 115 Å². The smallest absolute Gasteiger partial charge is 0.000762 e. The van der Waals surface area contributed by atoms with Gasteiger partial charge in [-0.15, -0.1) is 0 Å². The summed E-state index contributed by atoms with van der Waals surface area (Å²) in [6.45, 7) is 0. The molecule has 0 unspecified atom stereocenters. The highest BCUT2D eigenvalue weighted by atomic mass is 14.3. The molecule has 0 nitrogen and oxygen atoms in total. The summed E-state index contributed by atoms with van der Waals surface area (Å²) >= 11 is 0. The third kappa shape index (κ3) is 2.16. The van der Waals surface area contributed by atoms with Gasteiger partial charge in [0.05, 0.1) is 0 Å². The van der Waals surface area contributed by atoms with Gasteiger partial charge >= 0.3 is 0 Å². The van der Waals surface area contributed by atoms with Crippen molar-refractivity contribution in [1.82, 2.24) is 0 Å². The number of rotatable bonds is 1. The van der Waals surface area contributed by atoms with Gasteiger partial charge in [0.25, 0.3) is 0 Å². The van der Waals surface area contributed by atoms with Gasteiger partial charge in [0.2, 0.25) is 0 Å². The van der Waals surface area contributed by atoms with E-state index in [0.717, 1.165) is 0 Å². The lowest BCUT2D eigenvalue weighted by molar-refractivity contribution is 1.67. The van der Waals surface area contributed by atoms with E-state index in [0.29, 0.717) is 0 Å². The van der Waals surface area contributed by atoms with Crippen LogP contribution in [0, 0.1) is 0 Å². The van der Waals surface area contributed by atoms with E-state index in [9.17, 15) is 0 Å². The fraction of sp³-hybridized carbons (Fsp3) is 0. The van der Waals surface area contributed by atoms with Crippen LogP contribution in [0.4, 0.5) is 0 Å². The van der Waals surface area contributed by atoms with Crippen molar-refractivity contribution in [1.29, 1.82) is 0 Å². The Labute approximate surface area is 208 Å². The highest BCUT2D eigenvalue weighted by Gasteiger charge is 2.26. The van der Waals surface area contributed by atoms with Crippen molar-refractivity contribution in [2.75, 3.05) is 0 Å². The number of hydrogen-bond acceptors (Lipinski definition) is 0. The Hall–Kier alpha value is -4.68. The minimum Gasteiger partial charge on any atom is -0.0622 e. The lowest BCUT2D eigenvalue weighted by Gasteiger charge is -2.19. The molecule has 0 atom stereocenters. The third-order valence-electron chi connectivity index (χ3n) is 8.32. The van der Waals surface area contributed by atoms with Gasteiger partial charge in [0.1, 0.15) is 0 Å². The largest absolute Gasteiger partial charge is 0.0622 e. The third-order valence-corrected chi connectivity index (χ3v) is 8.32. The standard InChI is InChI=1S/C36H20/c1-2-8-21(9-3-1)24-18-19-30-34-25(24)15-7-16-27(34)26-13-6-12-23-20-31-28-14-4-10-22-11-5-17-29(32(22)28)35(31)36(30)33(23)26/h1-20H. The molecule has 0 amide bonds. The molecule has 0 saturated carbocycles. The lowest BCUT2D eigenvalue weighted by atomic mass is 9.83. The van der Waals surface area contributed by atoms with Crippen molar-refractivity contribution in [3.05, 3.63) is 121 Å². The highest BCUT2D eigenvalue weighted by Crippen LogP contribution is 2.54. The predicted octanol–water partition coefficient (Wildman–Crippen LogP) is 10.2. The van der Waals surface area contributed by atoms with Crippen LogP contribution in [0.1, 0.15) is 0 Å². The summed E-state index contributed by atoms with van der Waals surface area (Å²) < 4.78 is 0. The molecule has 8 aromatic carbocycles. The SMILES string of the molecule is c1ccc(-c2ccc3c4c5c(cc6cccc(c7cccc2c73)c64)-c2cccc3cccc-5c23)cc1. The Balaban J connectivity index is 1.57. The van der Waals surface area contributed by atoms with E-state index in [-0.39, 0.29) is 0 Å². The van der Waals surface area contributed by atoms with E-state index in [2.05, 4.69) is 121 Å². The summed E-state index contributed by atoms with van der Waals surface area (Å²) in [6.07, 6.45) is 0. The number of benzene rings is 8. The van der Waals surface area contributed by atoms with Crippen molar-refractivity contribution in [3.63, 3.8) is 0 Å². The Kier molecular flexibility index (Phi) is 3.36. The molecule has 36 heavy (non-hydrogen) atoms. The molecule has 1 aliphatic rings. The summed E-state index contributed by atoms with van der Waals surface area (Å²) in [5.74, 6) is 0. The molecule has 0 N–H and O–H groups in total. The number of hydrogen-bond donors (Lipinski definition) is 0. The minimum atomic E-state index is 1.26. The number of fused-ring (bicyclic) bond motifs is 6. The van der Waals surface area contributed by atoms with Gasteiger partial charge in [-0.2, -0.15) is 0 Å². The first-order valence-corrected chi connectivity index (χ1v) is 12.6. The predicted molar refractivity (Wildman–Crippen MR) is 155 cm³/mol. The zero-order valence-corrected chi connectivity index (χ0v) is 19.5. The van der Waals surface area contributed by atoms with Crippen LogP contribution in [0.25, 0.3) is 87.2 Å². The molecule has 1 aliphatic carbocycles. The zero-order valence-electron chi connectivity index (χ0n) is 19.5. The molecule has 9 rings (SSSR count). The topological polar surface area (TPSA) is 0 Å². The maximum atomic E-state index is 2.43. The molecular weight excluding hydrogens is 432 g/mol. The maximum absolute atomic E-state index is 2.43. The first-order valence-electron chi connectivity index (χ1n) is 12.6. The second-order valence-electron chi connectivity index (χ2n) is 10.0. The van der Waals surface area contributed by atoms with Crippen molar-refractivity contribution >= 4 is 53.9 Å². The van der Waals surface area contributed by atoms with Crippen molar-refractivity contribution in [2.45, 2.75) is 0 Å². The molecule has 8 aromatic rings. The summed E-state index contributed by atoms with van der Waals surface area (Å²) in [4.78, 5) is 0. The molecule has 0 heteroatoms. The summed E-state index contributed by atoms with van der Waals surface area (Å²) in [6, 6.07) is 45.1. The molecule has 164 valence electrons. The fourth-order valence-electron chi connectivity index (χ4n) is 6.93. The quantitative estimate of drug-likeness (QED) is 0.172. The van der Waals surface area contributed by atoms with Crippen molar-refractivity contribution in [3.8, 4) is 33.4 Å². The van der Waals surface area contributed by atoms with Gasteiger partial charge < -0.3 is 0 Å². The van der Waals surface area contributed by atoms with E-state index in [1.165, 1.54) is 87.2 Å². The Morgan fingerprint density at radius 1 is 0.306 bits per heavy atom. The van der Waals surface area contributed by atoms with Crippen LogP contribution in [-0.2, 0) is 0 Å². The van der Waals surface area contributed by atoms with Crippen LogP contribution in [0.5, 0.6) is 0 Å². The highest BCUT2D eigenvalue weighted by molar-refractivity contribution is 6.39. The molecule has 0 saturated heterocycles. The van der Waals surface area contributed by atoms with Gasteiger partial charge in [-0.25, -0.2) is 0 Å². The fourth-order valence-corrected chi connectivity index (χ4v) is 6.93. The first kappa shape index (κ1) is 18.6. The van der Waals surface area contributed by atoms with Crippen LogP contribution in [0.15, 0.2) is 121 Å². The molecule has 0 fully saturated rings. The van der Waals surface area contributed by atoms with Crippen LogP contribution in [0.2, 0.25) is 0 Å².